The van der Waals surface area contributed by atoms with E-state index in [4.69, 9.17) is 0 Å². The largest absolute Gasteiger partial charge is 0.313 e. The molecule has 0 amide bonds. The van der Waals surface area contributed by atoms with Gasteiger partial charge in [-0.25, -0.2) is 9.37 Å². The van der Waals surface area contributed by atoms with Crippen molar-refractivity contribution < 1.29 is 4.39 Å². The van der Waals surface area contributed by atoms with Gasteiger partial charge in [0.25, 0.3) is 0 Å². The maximum absolute atomic E-state index is 13.5. The molecule has 100 valence electrons. The fourth-order valence-corrected chi connectivity index (χ4v) is 2.19. The van der Waals surface area contributed by atoms with Gasteiger partial charge in [0.1, 0.15) is 5.69 Å². The van der Waals surface area contributed by atoms with Crippen LogP contribution in [0.4, 0.5) is 15.3 Å². The number of nitrogens with zero attached hydrogens (tertiary/aromatic N) is 4. The van der Waals surface area contributed by atoms with E-state index in [9.17, 15) is 4.39 Å². The third-order valence-electron chi connectivity index (χ3n) is 2.55. The summed E-state index contributed by atoms with van der Waals surface area (Å²) in [6.07, 6.45) is 3.21. The highest BCUT2D eigenvalue weighted by Gasteiger charge is 2.10. The minimum atomic E-state index is -0.432. The molecular weight excluding hydrogens is 277 g/mol. The summed E-state index contributed by atoms with van der Waals surface area (Å²) in [7, 11) is 0. The van der Waals surface area contributed by atoms with Crippen LogP contribution in [0.2, 0.25) is 0 Å². The third kappa shape index (κ3) is 2.62. The Hall–Kier alpha value is -2.41. The maximum Gasteiger partial charge on any atom is 0.208 e. The van der Waals surface area contributed by atoms with Crippen molar-refractivity contribution in [1.82, 2.24) is 19.3 Å². The minimum absolute atomic E-state index is 0.132. The maximum atomic E-state index is 13.5. The lowest BCUT2D eigenvalue weighted by Crippen LogP contribution is -1.96. The predicted molar refractivity (Wildman–Crippen MR) is 75.4 cm³/mol. The standard InChI is InChI=1S/C13H10FN5S/c1-8-4-6-15-10(7-8)12-18-13(20-19-12)17-11-9(14)3-2-5-16-11/h2-7H,1H3,(H,16,17,18,19). The van der Waals surface area contributed by atoms with E-state index in [0.717, 1.165) is 17.1 Å². The summed E-state index contributed by atoms with van der Waals surface area (Å²) in [5, 5.41) is 3.28. The first-order chi connectivity index (χ1) is 9.72. The smallest absolute Gasteiger partial charge is 0.208 e. The zero-order chi connectivity index (χ0) is 13.9. The van der Waals surface area contributed by atoms with E-state index in [1.165, 1.54) is 18.3 Å². The Morgan fingerprint density at radius 3 is 2.90 bits per heavy atom. The van der Waals surface area contributed by atoms with Crippen LogP contribution in [-0.2, 0) is 0 Å². The second kappa shape index (κ2) is 5.30. The van der Waals surface area contributed by atoms with Crippen LogP contribution in [0.1, 0.15) is 5.56 Å². The molecule has 3 rings (SSSR count). The van der Waals surface area contributed by atoms with Gasteiger partial charge in [-0.1, -0.05) is 0 Å². The highest BCUT2D eigenvalue weighted by Crippen LogP contribution is 2.23. The first-order valence-corrected chi connectivity index (χ1v) is 6.64. The number of pyridine rings is 2. The molecule has 5 nitrogen and oxygen atoms in total. The van der Waals surface area contributed by atoms with Crippen LogP contribution >= 0.6 is 11.5 Å². The van der Waals surface area contributed by atoms with Gasteiger partial charge in [0.15, 0.2) is 17.5 Å². The third-order valence-corrected chi connectivity index (χ3v) is 3.18. The number of nitrogens with one attached hydrogen (secondary N) is 1. The number of halogens is 1. The van der Waals surface area contributed by atoms with Gasteiger partial charge in [0.05, 0.1) is 0 Å². The molecule has 0 aliphatic rings. The number of aryl methyl sites for hydroxylation is 1. The summed E-state index contributed by atoms with van der Waals surface area (Å²) in [6, 6.07) is 6.66. The van der Waals surface area contributed by atoms with Gasteiger partial charge in [0.2, 0.25) is 5.13 Å². The van der Waals surface area contributed by atoms with Gasteiger partial charge < -0.3 is 5.32 Å². The van der Waals surface area contributed by atoms with Crippen LogP contribution in [0.3, 0.4) is 0 Å². The average molecular weight is 287 g/mol. The van der Waals surface area contributed by atoms with Crippen molar-refractivity contribution in [2.24, 2.45) is 0 Å². The van der Waals surface area contributed by atoms with E-state index in [1.807, 2.05) is 19.1 Å². The van der Waals surface area contributed by atoms with Crippen molar-refractivity contribution >= 4 is 22.5 Å². The molecule has 7 heteroatoms. The summed E-state index contributed by atoms with van der Waals surface area (Å²) >= 11 is 1.13. The minimum Gasteiger partial charge on any atom is -0.313 e. The molecule has 3 heterocycles. The van der Waals surface area contributed by atoms with E-state index in [2.05, 4.69) is 24.6 Å². The van der Waals surface area contributed by atoms with Crippen molar-refractivity contribution in [3.05, 3.63) is 48.0 Å². The summed E-state index contributed by atoms with van der Waals surface area (Å²) in [4.78, 5) is 12.4. The van der Waals surface area contributed by atoms with E-state index in [0.29, 0.717) is 16.6 Å². The summed E-state index contributed by atoms with van der Waals surface area (Å²) in [5.41, 5.74) is 1.77. The van der Waals surface area contributed by atoms with Crippen molar-refractivity contribution in [1.29, 1.82) is 0 Å². The number of anilines is 2. The Morgan fingerprint density at radius 1 is 1.20 bits per heavy atom. The lowest BCUT2D eigenvalue weighted by molar-refractivity contribution is 0.626. The number of hydrogen-bond acceptors (Lipinski definition) is 6. The average Bonchev–Trinajstić information content (AvgIpc) is 2.90. The summed E-state index contributed by atoms with van der Waals surface area (Å²) in [6.45, 7) is 1.97. The fraction of sp³-hybridized carbons (Fsp3) is 0.0769. The monoisotopic (exact) mass is 287 g/mol. The second-order valence-corrected chi connectivity index (χ2v) is 4.85. The SMILES string of the molecule is Cc1ccnc(-c2nsc(Nc3ncccc3F)n2)c1. The van der Waals surface area contributed by atoms with Crippen molar-refractivity contribution in [3.8, 4) is 11.5 Å². The van der Waals surface area contributed by atoms with Crippen LogP contribution in [0, 0.1) is 12.7 Å². The van der Waals surface area contributed by atoms with E-state index in [-0.39, 0.29) is 5.82 Å². The first kappa shape index (κ1) is 12.6. The topological polar surface area (TPSA) is 63.6 Å². The highest BCUT2D eigenvalue weighted by molar-refractivity contribution is 7.09. The molecule has 0 radical (unpaired) electrons. The Labute approximate surface area is 118 Å². The van der Waals surface area contributed by atoms with Crippen LogP contribution in [-0.4, -0.2) is 19.3 Å². The van der Waals surface area contributed by atoms with Gasteiger partial charge in [-0.3, -0.25) is 4.98 Å². The molecule has 3 aromatic rings. The summed E-state index contributed by atoms with van der Waals surface area (Å²) < 4.78 is 17.7. The Kier molecular flexibility index (Phi) is 3.34. The Morgan fingerprint density at radius 2 is 2.10 bits per heavy atom. The predicted octanol–water partition coefficient (Wildman–Crippen LogP) is 3.19. The van der Waals surface area contributed by atoms with E-state index < -0.39 is 5.82 Å². The van der Waals surface area contributed by atoms with E-state index >= 15 is 0 Å². The van der Waals surface area contributed by atoms with Gasteiger partial charge in [-0.2, -0.15) is 9.36 Å². The molecule has 0 saturated carbocycles. The Balaban J connectivity index is 1.86. The molecule has 3 aromatic heterocycles. The highest BCUT2D eigenvalue weighted by atomic mass is 32.1. The molecule has 0 unspecified atom stereocenters. The molecule has 0 bridgehead atoms. The number of hydrogen-bond donors (Lipinski definition) is 1. The van der Waals surface area contributed by atoms with Crippen molar-refractivity contribution in [2.75, 3.05) is 5.32 Å². The van der Waals surface area contributed by atoms with Crippen LogP contribution in [0.25, 0.3) is 11.5 Å². The second-order valence-electron chi connectivity index (χ2n) is 4.10. The molecule has 0 aliphatic carbocycles. The molecule has 20 heavy (non-hydrogen) atoms. The Bertz CT molecular complexity index is 743. The number of rotatable bonds is 3. The zero-order valence-corrected chi connectivity index (χ0v) is 11.4. The first-order valence-electron chi connectivity index (χ1n) is 5.86. The van der Waals surface area contributed by atoms with Gasteiger partial charge in [-0.15, -0.1) is 0 Å². The van der Waals surface area contributed by atoms with Gasteiger partial charge in [-0.05, 0) is 36.8 Å². The molecule has 0 spiro atoms. The molecular formula is C13H10FN5S. The summed E-state index contributed by atoms with van der Waals surface area (Å²) in [5.74, 6) is 0.211. The van der Waals surface area contributed by atoms with Crippen LogP contribution in [0.15, 0.2) is 36.7 Å². The van der Waals surface area contributed by atoms with Crippen molar-refractivity contribution in [3.63, 3.8) is 0 Å². The number of aromatic nitrogens is 4. The zero-order valence-electron chi connectivity index (χ0n) is 10.5. The normalized spacial score (nSPS) is 10.5. The molecule has 0 fully saturated rings. The van der Waals surface area contributed by atoms with Crippen molar-refractivity contribution in [2.45, 2.75) is 6.92 Å². The van der Waals surface area contributed by atoms with Crippen LogP contribution in [0.5, 0.6) is 0 Å². The molecule has 0 aliphatic heterocycles. The quantitative estimate of drug-likeness (QED) is 0.801. The fourth-order valence-electron chi connectivity index (χ4n) is 1.62. The molecule has 0 atom stereocenters. The molecule has 1 N–H and O–H groups in total. The van der Waals surface area contributed by atoms with Gasteiger partial charge in [0, 0.05) is 23.9 Å². The lowest BCUT2D eigenvalue weighted by Gasteiger charge is -2.00. The molecule has 0 aromatic carbocycles. The van der Waals surface area contributed by atoms with E-state index in [1.54, 1.807) is 6.20 Å². The van der Waals surface area contributed by atoms with Gasteiger partial charge >= 0.3 is 0 Å². The molecule has 0 saturated heterocycles. The lowest BCUT2D eigenvalue weighted by atomic mass is 10.2. The van der Waals surface area contributed by atoms with Crippen LogP contribution < -0.4 is 5.32 Å².